The molecule has 4 nitrogen and oxygen atoms in total. The molecule has 0 unspecified atom stereocenters. The van der Waals surface area contributed by atoms with Crippen LogP contribution >= 0.6 is 0 Å². The number of anilines is 1. The summed E-state index contributed by atoms with van der Waals surface area (Å²) in [6.45, 7) is 3.13. The molecule has 1 N–H and O–H groups in total. The molecule has 0 amide bonds. The van der Waals surface area contributed by atoms with Gasteiger partial charge in [0.1, 0.15) is 0 Å². The van der Waals surface area contributed by atoms with Crippen LogP contribution in [0.2, 0.25) is 0 Å². The molecule has 2 fully saturated rings. The topological polar surface area (TPSA) is 42.2 Å². The molecule has 4 rings (SSSR count). The van der Waals surface area contributed by atoms with Crippen molar-refractivity contribution in [2.45, 2.75) is 32.6 Å². The molecule has 19 heavy (non-hydrogen) atoms. The molecule has 0 aromatic carbocycles. The molecule has 0 atom stereocenters. The standard InChI is InChI=1S/C15H20N4/c1-10-6-7-19-14(8-10)17-15(18-19)16-9-13(11-2-3-11)12-4-5-12/h6-8,11-13H,2-5,9H2,1H3,(H,16,18). The molecule has 100 valence electrons. The van der Waals surface area contributed by atoms with Crippen LogP contribution in [0.5, 0.6) is 0 Å². The maximum absolute atomic E-state index is 4.55. The third-order valence-corrected chi connectivity index (χ3v) is 4.44. The second kappa shape index (κ2) is 4.22. The van der Waals surface area contributed by atoms with Crippen molar-refractivity contribution in [3.05, 3.63) is 23.9 Å². The summed E-state index contributed by atoms with van der Waals surface area (Å²) in [7, 11) is 0. The molecular weight excluding hydrogens is 236 g/mol. The minimum atomic E-state index is 0.775. The highest BCUT2D eigenvalue weighted by Gasteiger charge is 2.41. The van der Waals surface area contributed by atoms with Gasteiger partial charge in [0.25, 0.3) is 0 Å². The highest BCUT2D eigenvalue weighted by Crippen LogP contribution is 2.49. The zero-order valence-electron chi connectivity index (χ0n) is 11.3. The fourth-order valence-corrected chi connectivity index (χ4v) is 3.03. The number of nitrogens with zero attached hydrogens (tertiary/aromatic N) is 3. The molecular formula is C15H20N4. The summed E-state index contributed by atoms with van der Waals surface area (Å²) in [5.41, 5.74) is 2.15. The van der Waals surface area contributed by atoms with Crippen molar-refractivity contribution in [3.8, 4) is 0 Å². The monoisotopic (exact) mass is 256 g/mol. The van der Waals surface area contributed by atoms with Gasteiger partial charge in [0, 0.05) is 12.7 Å². The lowest BCUT2D eigenvalue weighted by Crippen LogP contribution is -2.18. The molecule has 2 heterocycles. The van der Waals surface area contributed by atoms with Crippen molar-refractivity contribution in [2.24, 2.45) is 17.8 Å². The average Bonchev–Trinajstić information content (AvgIpc) is 3.28. The number of rotatable bonds is 5. The van der Waals surface area contributed by atoms with Crippen LogP contribution in [0.25, 0.3) is 5.65 Å². The third-order valence-electron chi connectivity index (χ3n) is 4.44. The number of pyridine rings is 1. The number of aryl methyl sites for hydroxylation is 1. The van der Waals surface area contributed by atoms with Crippen LogP contribution in [-0.4, -0.2) is 21.1 Å². The van der Waals surface area contributed by atoms with Crippen molar-refractivity contribution in [1.29, 1.82) is 0 Å². The van der Waals surface area contributed by atoms with E-state index in [1.807, 2.05) is 10.7 Å². The first-order valence-electron chi connectivity index (χ1n) is 7.36. The van der Waals surface area contributed by atoms with E-state index in [0.717, 1.165) is 35.9 Å². The second-order valence-corrected chi connectivity index (χ2v) is 6.16. The van der Waals surface area contributed by atoms with Crippen molar-refractivity contribution < 1.29 is 0 Å². The van der Waals surface area contributed by atoms with Gasteiger partial charge < -0.3 is 5.32 Å². The Morgan fingerprint density at radius 2 is 2.05 bits per heavy atom. The van der Waals surface area contributed by atoms with Crippen LogP contribution in [0.15, 0.2) is 18.3 Å². The first-order chi connectivity index (χ1) is 9.29. The largest absolute Gasteiger partial charge is 0.353 e. The zero-order chi connectivity index (χ0) is 12.8. The Labute approximate surface area is 113 Å². The predicted molar refractivity (Wildman–Crippen MR) is 75.2 cm³/mol. The lowest BCUT2D eigenvalue weighted by molar-refractivity contribution is 0.427. The minimum Gasteiger partial charge on any atom is -0.353 e. The molecule has 0 saturated heterocycles. The molecule has 2 saturated carbocycles. The number of nitrogens with one attached hydrogen (secondary N) is 1. The Kier molecular flexibility index (Phi) is 2.50. The van der Waals surface area contributed by atoms with Gasteiger partial charge in [-0.05, 0) is 68.1 Å². The van der Waals surface area contributed by atoms with Crippen LogP contribution < -0.4 is 5.32 Å². The highest BCUT2D eigenvalue weighted by molar-refractivity contribution is 5.45. The van der Waals surface area contributed by atoms with Crippen LogP contribution in [0.4, 0.5) is 5.95 Å². The molecule has 2 aliphatic rings. The molecule has 2 aromatic rings. The first-order valence-corrected chi connectivity index (χ1v) is 7.36. The van der Waals surface area contributed by atoms with E-state index in [-0.39, 0.29) is 0 Å². The van der Waals surface area contributed by atoms with Crippen molar-refractivity contribution in [1.82, 2.24) is 14.6 Å². The van der Waals surface area contributed by atoms with Crippen molar-refractivity contribution in [3.63, 3.8) is 0 Å². The van der Waals surface area contributed by atoms with E-state index >= 15 is 0 Å². The van der Waals surface area contributed by atoms with Gasteiger partial charge in [0.2, 0.25) is 5.95 Å². The molecule has 0 bridgehead atoms. The quantitative estimate of drug-likeness (QED) is 0.894. The van der Waals surface area contributed by atoms with Gasteiger partial charge in [-0.1, -0.05) is 0 Å². The molecule has 2 aromatic heterocycles. The van der Waals surface area contributed by atoms with Gasteiger partial charge in [-0.2, -0.15) is 4.98 Å². The Balaban J connectivity index is 1.48. The number of hydrogen-bond donors (Lipinski definition) is 1. The third kappa shape index (κ3) is 2.31. The Morgan fingerprint density at radius 3 is 2.74 bits per heavy atom. The lowest BCUT2D eigenvalue weighted by Gasteiger charge is -2.14. The first kappa shape index (κ1) is 11.3. The van der Waals surface area contributed by atoms with Crippen LogP contribution in [0, 0.1) is 24.7 Å². The van der Waals surface area contributed by atoms with Crippen LogP contribution in [-0.2, 0) is 0 Å². The molecule has 0 aliphatic heterocycles. The van der Waals surface area contributed by atoms with Gasteiger partial charge in [-0.25, -0.2) is 4.52 Å². The Morgan fingerprint density at radius 1 is 1.32 bits per heavy atom. The van der Waals surface area contributed by atoms with Gasteiger partial charge in [0.05, 0.1) is 0 Å². The number of aromatic nitrogens is 3. The van der Waals surface area contributed by atoms with E-state index < -0.39 is 0 Å². The average molecular weight is 256 g/mol. The summed E-state index contributed by atoms with van der Waals surface area (Å²) in [5.74, 6) is 3.57. The molecule has 2 aliphatic carbocycles. The Bertz CT molecular complexity index is 583. The lowest BCUT2D eigenvalue weighted by atomic mass is 9.98. The van der Waals surface area contributed by atoms with Gasteiger partial charge in [-0.3, -0.25) is 0 Å². The van der Waals surface area contributed by atoms with Crippen LogP contribution in [0.1, 0.15) is 31.2 Å². The van der Waals surface area contributed by atoms with Gasteiger partial charge >= 0.3 is 0 Å². The van der Waals surface area contributed by atoms with E-state index in [2.05, 4.69) is 34.5 Å². The second-order valence-electron chi connectivity index (χ2n) is 6.16. The number of fused-ring (bicyclic) bond motifs is 1. The maximum Gasteiger partial charge on any atom is 0.243 e. The van der Waals surface area contributed by atoms with E-state index in [0.29, 0.717) is 0 Å². The van der Waals surface area contributed by atoms with E-state index in [1.165, 1.54) is 31.2 Å². The SMILES string of the molecule is Cc1ccn2nc(NCC(C3CC3)C3CC3)nc2c1. The highest BCUT2D eigenvalue weighted by atomic mass is 15.3. The van der Waals surface area contributed by atoms with Gasteiger partial charge in [0.15, 0.2) is 5.65 Å². The maximum atomic E-state index is 4.55. The normalized spacial score (nSPS) is 19.3. The van der Waals surface area contributed by atoms with Crippen LogP contribution in [0.3, 0.4) is 0 Å². The fourth-order valence-electron chi connectivity index (χ4n) is 3.03. The van der Waals surface area contributed by atoms with E-state index in [4.69, 9.17) is 0 Å². The summed E-state index contributed by atoms with van der Waals surface area (Å²) in [6.07, 6.45) is 7.70. The van der Waals surface area contributed by atoms with E-state index in [1.54, 1.807) is 0 Å². The number of hydrogen-bond acceptors (Lipinski definition) is 3. The van der Waals surface area contributed by atoms with E-state index in [9.17, 15) is 0 Å². The summed E-state index contributed by atoms with van der Waals surface area (Å²) in [6, 6.07) is 4.13. The summed E-state index contributed by atoms with van der Waals surface area (Å²) < 4.78 is 1.85. The summed E-state index contributed by atoms with van der Waals surface area (Å²) in [5, 5.41) is 7.93. The van der Waals surface area contributed by atoms with Crippen molar-refractivity contribution in [2.75, 3.05) is 11.9 Å². The smallest absolute Gasteiger partial charge is 0.243 e. The fraction of sp³-hybridized carbons (Fsp3) is 0.600. The summed E-state index contributed by atoms with van der Waals surface area (Å²) >= 11 is 0. The molecule has 0 radical (unpaired) electrons. The Hall–Kier alpha value is -1.58. The zero-order valence-corrected chi connectivity index (χ0v) is 11.3. The van der Waals surface area contributed by atoms with Gasteiger partial charge in [-0.15, -0.1) is 5.10 Å². The predicted octanol–water partition coefficient (Wildman–Crippen LogP) is 2.89. The summed E-state index contributed by atoms with van der Waals surface area (Å²) in [4.78, 5) is 4.55. The molecule has 4 heteroatoms. The van der Waals surface area contributed by atoms with Crippen molar-refractivity contribution >= 4 is 11.6 Å². The minimum absolute atomic E-state index is 0.775. The molecule has 0 spiro atoms.